The van der Waals surface area contributed by atoms with Crippen molar-refractivity contribution in [3.8, 4) is 0 Å². The van der Waals surface area contributed by atoms with Crippen molar-refractivity contribution in [2.24, 2.45) is 4.99 Å². The Bertz CT molecular complexity index is 1070. The van der Waals surface area contributed by atoms with Crippen molar-refractivity contribution < 1.29 is 9.59 Å². The Morgan fingerprint density at radius 2 is 1.45 bits per heavy atom. The summed E-state index contributed by atoms with van der Waals surface area (Å²) in [4.78, 5) is 31.6. The van der Waals surface area contributed by atoms with Gasteiger partial charge in [-0.3, -0.25) is 14.5 Å². The molecule has 1 heterocycles. The molecule has 0 saturated heterocycles. The lowest BCUT2D eigenvalue weighted by atomic mass is 10.1. The van der Waals surface area contributed by atoms with Crippen LogP contribution in [0, 0.1) is 13.8 Å². The topological polar surface area (TPSA) is 61.8 Å². The minimum absolute atomic E-state index is 0.0711. The van der Waals surface area contributed by atoms with Crippen LogP contribution in [0.25, 0.3) is 0 Å². The lowest BCUT2D eigenvalue weighted by Crippen LogP contribution is -2.24. The van der Waals surface area contributed by atoms with E-state index in [2.05, 4.69) is 10.3 Å². The van der Waals surface area contributed by atoms with E-state index in [1.54, 1.807) is 0 Å². The van der Waals surface area contributed by atoms with Gasteiger partial charge < -0.3 is 5.32 Å². The first kappa shape index (κ1) is 20.9. The summed E-state index contributed by atoms with van der Waals surface area (Å²) in [5.41, 5.74) is 4.62. The number of carbonyl (C=O) groups is 2. The second-order valence-corrected chi connectivity index (χ2v) is 8.53. The van der Waals surface area contributed by atoms with E-state index in [1.807, 2.05) is 97.6 Å². The van der Waals surface area contributed by atoms with Gasteiger partial charge in [0.15, 0.2) is 5.17 Å². The van der Waals surface area contributed by atoms with Crippen molar-refractivity contribution in [2.45, 2.75) is 25.5 Å². The van der Waals surface area contributed by atoms with Crippen LogP contribution in [0.2, 0.25) is 0 Å². The second-order valence-electron chi connectivity index (χ2n) is 7.36. The Balaban J connectivity index is 1.52. The quantitative estimate of drug-likeness (QED) is 0.584. The molecular formula is C25H23N3O2S. The van der Waals surface area contributed by atoms with E-state index in [0.717, 1.165) is 28.2 Å². The van der Waals surface area contributed by atoms with Crippen LogP contribution in [0.1, 0.15) is 17.5 Å². The highest BCUT2D eigenvalue weighted by Gasteiger charge is 2.34. The zero-order valence-electron chi connectivity index (χ0n) is 17.4. The molecule has 156 valence electrons. The normalized spacial score (nSPS) is 15.5. The molecule has 5 nitrogen and oxygen atoms in total. The number of carbonyl (C=O) groups excluding carboxylic acids is 2. The van der Waals surface area contributed by atoms with E-state index in [0.29, 0.717) is 5.17 Å². The first-order valence-corrected chi connectivity index (χ1v) is 11.0. The molecule has 1 unspecified atom stereocenters. The van der Waals surface area contributed by atoms with Gasteiger partial charge in [-0.25, -0.2) is 0 Å². The van der Waals surface area contributed by atoms with Crippen molar-refractivity contribution in [1.29, 1.82) is 0 Å². The monoisotopic (exact) mass is 429 g/mol. The Morgan fingerprint density at radius 3 is 2.00 bits per heavy atom. The summed E-state index contributed by atoms with van der Waals surface area (Å²) in [5.74, 6) is -0.473. The summed E-state index contributed by atoms with van der Waals surface area (Å²) < 4.78 is 0. The van der Waals surface area contributed by atoms with E-state index in [4.69, 9.17) is 0 Å². The summed E-state index contributed by atoms with van der Waals surface area (Å²) in [6.45, 7) is 3.91. The van der Waals surface area contributed by atoms with Gasteiger partial charge in [-0.15, -0.1) is 0 Å². The molecule has 0 aromatic heterocycles. The number of hydrogen-bond acceptors (Lipinski definition) is 4. The number of amidine groups is 1. The number of rotatable bonds is 5. The van der Waals surface area contributed by atoms with E-state index < -0.39 is 5.25 Å². The molecule has 0 fully saturated rings. The zero-order chi connectivity index (χ0) is 21.8. The van der Waals surface area contributed by atoms with Crippen LogP contribution in [0.5, 0.6) is 0 Å². The average molecular weight is 430 g/mol. The van der Waals surface area contributed by atoms with Gasteiger partial charge in [0, 0.05) is 23.5 Å². The van der Waals surface area contributed by atoms with Gasteiger partial charge in [-0.2, -0.15) is 4.99 Å². The number of amides is 2. The van der Waals surface area contributed by atoms with Gasteiger partial charge in [-0.1, -0.05) is 66.4 Å². The van der Waals surface area contributed by atoms with Gasteiger partial charge in [0.05, 0.1) is 0 Å². The molecule has 1 atom stereocenters. The second kappa shape index (κ2) is 9.18. The Hall–Kier alpha value is -3.38. The third-order valence-corrected chi connectivity index (χ3v) is 6.20. The maximum atomic E-state index is 12.7. The van der Waals surface area contributed by atoms with Crippen LogP contribution in [-0.4, -0.2) is 22.2 Å². The fourth-order valence-corrected chi connectivity index (χ4v) is 4.60. The number of hydrogen-bond donors (Lipinski definition) is 1. The lowest BCUT2D eigenvalue weighted by Gasteiger charge is -2.24. The fraction of sp³-hybridized carbons (Fsp3) is 0.160. The van der Waals surface area contributed by atoms with Gasteiger partial charge in [0.1, 0.15) is 5.25 Å². The molecule has 0 saturated carbocycles. The number of benzene rings is 3. The standard InChI is InChI=1S/C25H23N3O2S/c1-17-10-9-11-18(2)23(17)26-22(29)16-21-24(30)27-25(31-21)28(19-12-5-3-6-13-19)20-14-7-4-8-15-20/h3-15,21H,16H2,1-2H3,(H,26,29). The van der Waals surface area contributed by atoms with Crippen LogP contribution >= 0.6 is 11.8 Å². The van der Waals surface area contributed by atoms with Gasteiger partial charge >= 0.3 is 0 Å². The maximum Gasteiger partial charge on any atom is 0.262 e. The van der Waals surface area contributed by atoms with E-state index >= 15 is 0 Å². The van der Waals surface area contributed by atoms with Crippen molar-refractivity contribution in [3.63, 3.8) is 0 Å². The largest absolute Gasteiger partial charge is 0.326 e. The molecular weight excluding hydrogens is 406 g/mol. The van der Waals surface area contributed by atoms with Crippen LogP contribution in [0.3, 0.4) is 0 Å². The highest BCUT2D eigenvalue weighted by Crippen LogP contribution is 2.35. The van der Waals surface area contributed by atoms with Gasteiger partial charge in [0.2, 0.25) is 5.91 Å². The predicted octanol–water partition coefficient (Wildman–Crippen LogP) is 5.47. The van der Waals surface area contributed by atoms with Crippen molar-refractivity contribution >= 4 is 45.8 Å². The van der Waals surface area contributed by atoms with E-state index in [1.165, 1.54) is 11.8 Å². The number of nitrogens with zero attached hydrogens (tertiary/aromatic N) is 2. The third kappa shape index (κ3) is 4.70. The molecule has 0 bridgehead atoms. The highest BCUT2D eigenvalue weighted by atomic mass is 32.2. The maximum absolute atomic E-state index is 12.7. The molecule has 1 aliphatic heterocycles. The summed E-state index contributed by atoms with van der Waals surface area (Å²) in [7, 11) is 0. The Morgan fingerprint density at radius 1 is 0.903 bits per heavy atom. The first-order chi connectivity index (χ1) is 15.0. The van der Waals surface area contributed by atoms with Crippen molar-refractivity contribution in [1.82, 2.24) is 0 Å². The smallest absolute Gasteiger partial charge is 0.262 e. The van der Waals surface area contributed by atoms with Crippen molar-refractivity contribution in [3.05, 3.63) is 90.0 Å². The number of anilines is 3. The number of para-hydroxylation sites is 3. The molecule has 0 aliphatic carbocycles. The number of nitrogens with one attached hydrogen (secondary N) is 1. The fourth-order valence-electron chi connectivity index (χ4n) is 3.50. The predicted molar refractivity (Wildman–Crippen MR) is 128 cm³/mol. The van der Waals surface area contributed by atoms with Gasteiger partial charge in [-0.05, 0) is 49.2 Å². The average Bonchev–Trinajstić information content (AvgIpc) is 3.12. The molecule has 1 N–H and O–H groups in total. The molecule has 3 aromatic rings. The summed E-state index contributed by atoms with van der Waals surface area (Å²) in [6, 6.07) is 25.4. The summed E-state index contributed by atoms with van der Waals surface area (Å²) in [5, 5.41) is 2.99. The number of aliphatic imine (C=N–C) groups is 1. The molecule has 3 aromatic carbocycles. The third-order valence-electron chi connectivity index (χ3n) is 5.07. The molecule has 4 rings (SSSR count). The lowest BCUT2D eigenvalue weighted by molar-refractivity contribution is -0.121. The minimum Gasteiger partial charge on any atom is -0.326 e. The molecule has 6 heteroatoms. The molecule has 0 radical (unpaired) electrons. The van der Waals surface area contributed by atoms with E-state index in [-0.39, 0.29) is 18.2 Å². The number of aryl methyl sites for hydroxylation is 2. The van der Waals surface area contributed by atoms with E-state index in [9.17, 15) is 9.59 Å². The molecule has 2 amide bonds. The van der Waals surface area contributed by atoms with Gasteiger partial charge in [0.25, 0.3) is 5.91 Å². The minimum atomic E-state index is -0.547. The SMILES string of the molecule is Cc1cccc(C)c1NC(=O)CC1SC(N(c2ccccc2)c2ccccc2)=NC1=O. The van der Waals surface area contributed by atoms with Crippen LogP contribution in [-0.2, 0) is 9.59 Å². The van der Waals surface area contributed by atoms with Crippen LogP contribution < -0.4 is 10.2 Å². The summed E-state index contributed by atoms with van der Waals surface area (Å²) >= 11 is 1.33. The molecule has 1 aliphatic rings. The summed E-state index contributed by atoms with van der Waals surface area (Å²) in [6.07, 6.45) is 0.0711. The zero-order valence-corrected chi connectivity index (χ0v) is 18.2. The molecule has 0 spiro atoms. The Labute approximate surface area is 186 Å². The first-order valence-electron chi connectivity index (χ1n) is 10.1. The number of thioether (sulfide) groups is 1. The molecule has 31 heavy (non-hydrogen) atoms. The van der Waals surface area contributed by atoms with Crippen molar-refractivity contribution in [2.75, 3.05) is 10.2 Å². The van der Waals surface area contributed by atoms with Crippen LogP contribution in [0.4, 0.5) is 17.1 Å². The Kier molecular flexibility index (Phi) is 6.18. The van der Waals surface area contributed by atoms with Crippen LogP contribution in [0.15, 0.2) is 83.9 Å². The highest BCUT2D eigenvalue weighted by molar-refractivity contribution is 8.15.